The zero-order valence-corrected chi connectivity index (χ0v) is 13.9. The molecule has 3 heterocycles. The van der Waals surface area contributed by atoms with E-state index in [0.717, 1.165) is 24.5 Å². The molecule has 0 radical (unpaired) electrons. The number of piperazine rings is 1. The van der Waals surface area contributed by atoms with Gasteiger partial charge in [-0.05, 0) is 31.2 Å². The second-order valence-corrected chi connectivity index (χ2v) is 7.30. The van der Waals surface area contributed by atoms with E-state index in [1.165, 1.54) is 0 Å². The van der Waals surface area contributed by atoms with Crippen LogP contribution in [0, 0.1) is 0 Å². The summed E-state index contributed by atoms with van der Waals surface area (Å²) in [5.74, 6) is 0.198. The van der Waals surface area contributed by atoms with Crippen LogP contribution in [-0.4, -0.2) is 65.7 Å². The van der Waals surface area contributed by atoms with Crippen LogP contribution in [0.1, 0.15) is 30.7 Å². The highest BCUT2D eigenvalue weighted by molar-refractivity contribution is 7.10. The predicted molar refractivity (Wildman–Crippen MR) is 87.9 cm³/mol. The van der Waals surface area contributed by atoms with Gasteiger partial charge in [0.05, 0.1) is 6.10 Å². The molecule has 5 nitrogen and oxygen atoms in total. The Bertz CT molecular complexity index is 486. The first kappa shape index (κ1) is 15.9. The molecule has 2 atom stereocenters. The number of carbonyl (C=O) groups excluding carboxylic acids is 1. The molecule has 122 valence electrons. The number of amides is 1. The van der Waals surface area contributed by atoms with Crippen molar-refractivity contribution in [2.45, 2.75) is 38.0 Å². The van der Waals surface area contributed by atoms with E-state index in [0.29, 0.717) is 32.0 Å². The van der Waals surface area contributed by atoms with Gasteiger partial charge in [-0.1, -0.05) is 6.07 Å². The fraction of sp³-hybridized carbons (Fsp3) is 0.688. The average Bonchev–Trinajstić information content (AvgIpc) is 3.02. The van der Waals surface area contributed by atoms with Gasteiger partial charge in [0.1, 0.15) is 6.04 Å². The molecule has 22 heavy (non-hydrogen) atoms. The van der Waals surface area contributed by atoms with Crippen molar-refractivity contribution in [3.05, 3.63) is 22.4 Å². The van der Waals surface area contributed by atoms with Crippen molar-refractivity contribution in [1.29, 1.82) is 0 Å². The van der Waals surface area contributed by atoms with Crippen LogP contribution in [-0.2, 0) is 4.79 Å². The minimum Gasteiger partial charge on any atom is -0.393 e. The second-order valence-electron chi connectivity index (χ2n) is 6.32. The summed E-state index contributed by atoms with van der Waals surface area (Å²) in [7, 11) is 0. The lowest BCUT2D eigenvalue weighted by Crippen LogP contribution is -2.54. The summed E-state index contributed by atoms with van der Waals surface area (Å²) < 4.78 is 0. The quantitative estimate of drug-likeness (QED) is 0.874. The highest BCUT2D eigenvalue weighted by Gasteiger charge is 2.35. The number of carbonyl (C=O) groups is 1. The fourth-order valence-corrected chi connectivity index (χ4v) is 4.21. The molecule has 0 saturated carbocycles. The molecular formula is C16H25N3O2S. The summed E-state index contributed by atoms with van der Waals surface area (Å²) in [4.78, 5) is 18.5. The van der Waals surface area contributed by atoms with Gasteiger partial charge in [-0.2, -0.15) is 0 Å². The van der Waals surface area contributed by atoms with Crippen LogP contribution in [0.25, 0.3) is 0 Å². The molecule has 0 aromatic carbocycles. The Morgan fingerprint density at radius 1 is 1.41 bits per heavy atom. The summed E-state index contributed by atoms with van der Waals surface area (Å²) >= 11 is 1.66. The third-order valence-corrected chi connectivity index (χ3v) is 5.51. The zero-order chi connectivity index (χ0) is 15.5. The number of rotatable bonds is 3. The van der Waals surface area contributed by atoms with E-state index in [4.69, 9.17) is 0 Å². The molecule has 0 spiro atoms. The Balaban J connectivity index is 1.77. The van der Waals surface area contributed by atoms with Gasteiger partial charge in [0, 0.05) is 43.6 Å². The van der Waals surface area contributed by atoms with Gasteiger partial charge in [0.2, 0.25) is 5.91 Å². The lowest BCUT2D eigenvalue weighted by atomic mass is 10.0. The fourth-order valence-electron chi connectivity index (χ4n) is 3.36. The largest absolute Gasteiger partial charge is 0.393 e. The van der Waals surface area contributed by atoms with Crippen LogP contribution < -0.4 is 5.32 Å². The van der Waals surface area contributed by atoms with Gasteiger partial charge < -0.3 is 15.3 Å². The number of thiophene rings is 1. The number of piperidine rings is 1. The maximum absolute atomic E-state index is 13.1. The number of nitrogens with one attached hydrogen (secondary N) is 1. The van der Waals surface area contributed by atoms with Crippen molar-refractivity contribution < 1.29 is 9.90 Å². The molecule has 1 aromatic heterocycles. The SMILES string of the molecule is CC1CN(C(C(=O)N2CCC(O)CC2)c2cccs2)CCN1. The molecule has 1 aromatic rings. The first-order chi connectivity index (χ1) is 10.6. The average molecular weight is 323 g/mol. The van der Waals surface area contributed by atoms with Crippen LogP contribution in [0.4, 0.5) is 0 Å². The lowest BCUT2D eigenvalue weighted by Gasteiger charge is -2.40. The third-order valence-electron chi connectivity index (χ3n) is 4.59. The molecule has 2 aliphatic rings. The number of aliphatic hydroxyl groups excluding tert-OH is 1. The molecule has 2 unspecified atom stereocenters. The van der Waals surface area contributed by atoms with E-state index in [-0.39, 0.29) is 18.1 Å². The Labute approximate surface area is 135 Å². The van der Waals surface area contributed by atoms with Crippen LogP contribution in [0.5, 0.6) is 0 Å². The zero-order valence-electron chi connectivity index (χ0n) is 13.1. The predicted octanol–water partition coefficient (Wildman–Crippen LogP) is 1.07. The van der Waals surface area contributed by atoms with E-state index in [1.54, 1.807) is 11.3 Å². The van der Waals surface area contributed by atoms with Gasteiger partial charge in [-0.25, -0.2) is 0 Å². The molecule has 3 rings (SSSR count). The van der Waals surface area contributed by atoms with Gasteiger partial charge in [0.25, 0.3) is 0 Å². The summed E-state index contributed by atoms with van der Waals surface area (Å²) in [6, 6.07) is 4.33. The third kappa shape index (κ3) is 3.51. The summed E-state index contributed by atoms with van der Waals surface area (Å²) in [6.07, 6.45) is 1.14. The molecule has 2 aliphatic heterocycles. The van der Waals surface area contributed by atoms with Crippen molar-refractivity contribution in [3.8, 4) is 0 Å². The number of hydrogen-bond acceptors (Lipinski definition) is 5. The Morgan fingerprint density at radius 3 is 2.82 bits per heavy atom. The first-order valence-electron chi connectivity index (χ1n) is 8.13. The Kier molecular flexibility index (Phi) is 5.13. The normalized spacial score (nSPS) is 26.1. The van der Waals surface area contributed by atoms with Gasteiger partial charge in [-0.15, -0.1) is 11.3 Å². The van der Waals surface area contributed by atoms with Crippen molar-refractivity contribution in [2.75, 3.05) is 32.7 Å². The molecule has 0 bridgehead atoms. The molecule has 1 amide bonds. The highest BCUT2D eigenvalue weighted by atomic mass is 32.1. The molecule has 6 heteroatoms. The van der Waals surface area contributed by atoms with Crippen molar-refractivity contribution in [3.63, 3.8) is 0 Å². The van der Waals surface area contributed by atoms with Crippen LogP contribution >= 0.6 is 11.3 Å². The van der Waals surface area contributed by atoms with Crippen molar-refractivity contribution >= 4 is 17.2 Å². The monoisotopic (exact) mass is 323 g/mol. The number of nitrogens with zero attached hydrogens (tertiary/aromatic N) is 2. The van der Waals surface area contributed by atoms with Crippen molar-refractivity contribution in [2.24, 2.45) is 0 Å². The second kappa shape index (κ2) is 7.08. The molecule has 0 aliphatic carbocycles. The van der Waals surface area contributed by atoms with E-state index in [2.05, 4.69) is 23.2 Å². The number of aliphatic hydroxyl groups is 1. The van der Waals surface area contributed by atoms with Crippen molar-refractivity contribution in [1.82, 2.24) is 15.1 Å². The van der Waals surface area contributed by atoms with Gasteiger partial charge in [-0.3, -0.25) is 9.69 Å². The topological polar surface area (TPSA) is 55.8 Å². The summed E-state index contributed by atoms with van der Waals surface area (Å²) in [6.45, 7) is 6.22. The van der Waals surface area contributed by atoms with E-state index in [9.17, 15) is 9.90 Å². The van der Waals surface area contributed by atoms with Crippen LogP contribution in [0.2, 0.25) is 0 Å². The smallest absolute Gasteiger partial charge is 0.245 e. The van der Waals surface area contributed by atoms with Gasteiger partial charge in [0.15, 0.2) is 0 Å². The molecule has 2 N–H and O–H groups in total. The van der Waals surface area contributed by atoms with Crippen LogP contribution in [0.3, 0.4) is 0 Å². The Hall–Kier alpha value is -0.950. The highest BCUT2D eigenvalue weighted by Crippen LogP contribution is 2.29. The molecule has 2 saturated heterocycles. The molecule has 2 fully saturated rings. The first-order valence-corrected chi connectivity index (χ1v) is 9.01. The maximum Gasteiger partial charge on any atom is 0.245 e. The van der Waals surface area contributed by atoms with E-state index in [1.807, 2.05) is 16.3 Å². The minimum absolute atomic E-state index is 0.167. The van der Waals surface area contributed by atoms with Crippen LogP contribution in [0.15, 0.2) is 17.5 Å². The van der Waals surface area contributed by atoms with E-state index >= 15 is 0 Å². The summed E-state index contributed by atoms with van der Waals surface area (Å²) in [5, 5.41) is 15.1. The van der Waals surface area contributed by atoms with E-state index < -0.39 is 0 Å². The van der Waals surface area contributed by atoms with Gasteiger partial charge >= 0.3 is 0 Å². The number of hydrogen-bond donors (Lipinski definition) is 2. The maximum atomic E-state index is 13.1. The number of likely N-dealkylation sites (tertiary alicyclic amines) is 1. The molecular weight excluding hydrogens is 298 g/mol. The lowest BCUT2D eigenvalue weighted by molar-refractivity contribution is -0.139. The summed E-state index contributed by atoms with van der Waals surface area (Å²) in [5.41, 5.74) is 0. The standard InChI is InChI=1S/C16H25N3O2S/c1-12-11-19(9-6-17-12)15(14-3-2-10-22-14)16(21)18-7-4-13(20)5-8-18/h2-3,10,12-13,15,17,20H,4-9,11H2,1H3. The Morgan fingerprint density at radius 2 is 2.18 bits per heavy atom. The minimum atomic E-state index is -0.247.